The highest BCUT2D eigenvalue weighted by Gasteiger charge is 2.37. The fourth-order valence-electron chi connectivity index (χ4n) is 4.19. The summed E-state index contributed by atoms with van der Waals surface area (Å²) >= 11 is 6.02. The molecule has 4 aromatic rings. The predicted molar refractivity (Wildman–Crippen MR) is 136 cm³/mol. The number of aromatic nitrogens is 3. The van der Waals surface area contributed by atoms with Crippen LogP contribution in [0, 0.1) is 0 Å². The zero-order chi connectivity index (χ0) is 27.0. The van der Waals surface area contributed by atoms with Crippen LogP contribution in [-0.4, -0.2) is 20.5 Å². The molecule has 3 heterocycles. The van der Waals surface area contributed by atoms with Crippen molar-refractivity contribution in [2.24, 2.45) is 7.05 Å². The van der Waals surface area contributed by atoms with Crippen LogP contribution in [0.1, 0.15) is 16.8 Å². The molecule has 5 rings (SSSR count). The van der Waals surface area contributed by atoms with Gasteiger partial charge in [-0.2, -0.15) is 13.2 Å². The summed E-state index contributed by atoms with van der Waals surface area (Å²) in [4.78, 5) is 32.3. The van der Waals surface area contributed by atoms with Gasteiger partial charge in [0.05, 0.1) is 17.8 Å². The lowest BCUT2D eigenvalue weighted by Gasteiger charge is -2.26. The Labute approximate surface area is 219 Å². The Kier molecular flexibility index (Phi) is 6.62. The van der Waals surface area contributed by atoms with E-state index in [9.17, 15) is 22.8 Å². The second-order valence-corrected chi connectivity index (χ2v) is 9.08. The summed E-state index contributed by atoms with van der Waals surface area (Å²) in [5.41, 5.74) is -0.584. The first-order valence-corrected chi connectivity index (χ1v) is 11.8. The van der Waals surface area contributed by atoms with Gasteiger partial charge in [-0.3, -0.25) is 18.9 Å². The number of benzene rings is 2. The van der Waals surface area contributed by atoms with Crippen molar-refractivity contribution < 1.29 is 17.9 Å². The normalized spacial score (nSPS) is 14.8. The predicted octanol–water partition coefficient (Wildman–Crippen LogP) is 4.46. The molecule has 0 aliphatic carbocycles. The lowest BCUT2D eigenvalue weighted by molar-refractivity contribution is -0.137. The van der Waals surface area contributed by atoms with Gasteiger partial charge in [0, 0.05) is 24.8 Å². The highest BCUT2D eigenvalue weighted by molar-refractivity contribution is 6.30. The van der Waals surface area contributed by atoms with E-state index in [1.807, 2.05) is 0 Å². The number of hydrogen-bond acceptors (Lipinski definition) is 6. The van der Waals surface area contributed by atoms with Crippen LogP contribution in [0.4, 0.5) is 24.7 Å². The van der Waals surface area contributed by atoms with Gasteiger partial charge in [0.2, 0.25) is 0 Å². The Hall–Kier alpha value is -4.25. The largest absolute Gasteiger partial charge is 0.452 e. The van der Waals surface area contributed by atoms with Gasteiger partial charge in [0.25, 0.3) is 11.9 Å². The van der Waals surface area contributed by atoms with Crippen molar-refractivity contribution in [3.63, 3.8) is 0 Å². The van der Waals surface area contributed by atoms with E-state index in [2.05, 4.69) is 10.3 Å². The van der Waals surface area contributed by atoms with Crippen LogP contribution in [-0.2, 0) is 26.3 Å². The molecule has 196 valence electrons. The van der Waals surface area contributed by atoms with E-state index in [0.29, 0.717) is 10.7 Å². The molecule has 0 bridgehead atoms. The van der Waals surface area contributed by atoms with E-state index < -0.39 is 29.3 Å². The third-order valence-corrected chi connectivity index (χ3v) is 6.32. The molecule has 0 saturated carbocycles. The Bertz CT molecular complexity index is 1590. The molecule has 0 saturated heterocycles. The molecule has 1 aliphatic heterocycles. The number of ether oxygens (including phenoxy) is 1. The standard InChI is InChI=1S/C26H21ClF3N5O3/c1-33-23(36)21-22(35(25(33)37)15-19-6-2-3-12-31-19)32-24(34(21)14-16-8-10-18(27)11-9-16)38-20-7-4-5-17(13-20)26(28,29)30/h2-13,24,32H,14-15H2,1H3. The van der Waals surface area contributed by atoms with E-state index in [-0.39, 0.29) is 30.3 Å². The summed E-state index contributed by atoms with van der Waals surface area (Å²) in [7, 11) is 1.36. The molecule has 0 fully saturated rings. The minimum Gasteiger partial charge on any atom is -0.452 e. The number of fused-ring (bicyclic) bond motifs is 1. The van der Waals surface area contributed by atoms with Crippen molar-refractivity contribution >= 4 is 23.1 Å². The molecule has 0 radical (unpaired) electrons. The van der Waals surface area contributed by atoms with Crippen molar-refractivity contribution in [3.8, 4) is 5.75 Å². The highest BCUT2D eigenvalue weighted by atomic mass is 35.5. The molecule has 1 atom stereocenters. The molecule has 0 spiro atoms. The maximum Gasteiger partial charge on any atom is 0.416 e. The Balaban J connectivity index is 1.60. The summed E-state index contributed by atoms with van der Waals surface area (Å²) in [6, 6.07) is 16.6. The highest BCUT2D eigenvalue weighted by Crippen LogP contribution is 2.35. The zero-order valence-electron chi connectivity index (χ0n) is 19.9. The Morgan fingerprint density at radius 3 is 2.47 bits per heavy atom. The van der Waals surface area contributed by atoms with Crippen molar-refractivity contribution in [2.45, 2.75) is 25.6 Å². The van der Waals surface area contributed by atoms with E-state index >= 15 is 0 Å². The van der Waals surface area contributed by atoms with Crippen molar-refractivity contribution in [3.05, 3.63) is 116 Å². The molecule has 1 N–H and O–H groups in total. The third-order valence-electron chi connectivity index (χ3n) is 6.07. The number of anilines is 2. The molecule has 2 aromatic carbocycles. The number of alkyl halides is 3. The van der Waals surface area contributed by atoms with Gasteiger partial charge in [-0.25, -0.2) is 4.79 Å². The van der Waals surface area contributed by atoms with Gasteiger partial charge in [0.15, 0.2) is 0 Å². The smallest absolute Gasteiger partial charge is 0.416 e. The monoisotopic (exact) mass is 543 g/mol. The van der Waals surface area contributed by atoms with Gasteiger partial charge < -0.3 is 15.0 Å². The lowest BCUT2D eigenvalue weighted by atomic mass is 10.2. The number of halogens is 4. The maximum absolute atomic E-state index is 13.4. The fraction of sp³-hybridized carbons (Fsp3) is 0.192. The molecule has 0 amide bonds. The molecule has 1 unspecified atom stereocenters. The second kappa shape index (κ2) is 9.90. The average Bonchev–Trinajstić information content (AvgIpc) is 3.24. The van der Waals surface area contributed by atoms with Gasteiger partial charge in [-0.1, -0.05) is 35.9 Å². The Morgan fingerprint density at radius 1 is 1.03 bits per heavy atom. The quantitative estimate of drug-likeness (QED) is 0.387. The van der Waals surface area contributed by atoms with Crippen molar-refractivity contribution in [1.29, 1.82) is 0 Å². The van der Waals surface area contributed by atoms with Crippen LogP contribution in [0.15, 0.2) is 82.5 Å². The minimum atomic E-state index is -4.56. The summed E-state index contributed by atoms with van der Waals surface area (Å²) in [6.07, 6.45) is -4.08. The van der Waals surface area contributed by atoms with Gasteiger partial charge in [-0.15, -0.1) is 0 Å². The molecule has 12 heteroatoms. The van der Waals surface area contributed by atoms with Crippen LogP contribution in [0.3, 0.4) is 0 Å². The number of nitrogens with zero attached hydrogens (tertiary/aromatic N) is 4. The van der Waals surface area contributed by atoms with Crippen LogP contribution >= 0.6 is 11.6 Å². The van der Waals surface area contributed by atoms with Crippen molar-refractivity contribution in [1.82, 2.24) is 14.1 Å². The first-order valence-electron chi connectivity index (χ1n) is 11.5. The second-order valence-electron chi connectivity index (χ2n) is 8.65. The number of nitrogens with one attached hydrogen (secondary N) is 1. The molecule has 2 aromatic heterocycles. The summed E-state index contributed by atoms with van der Waals surface area (Å²) in [5, 5.41) is 3.56. The lowest BCUT2D eigenvalue weighted by Crippen LogP contribution is -2.43. The summed E-state index contributed by atoms with van der Waals surface area (Å²) in [6.45, 7) is 0.187. The van der Waals surface area contributed by atoms with Crippen LogP contribution in [0.25, 0.3) is 0 Å². The van der Waals surface area contributed by atoms with E-state index in [1.165, 1.54) is 23.7 Å². The average molecular weight is 544 g/mol. The summed E-state index contributed by atoms with van der Waals surface area (Å²) in [5.74, 6) is 0.108. The molecular weight excluding hydrogens is 523 g/mol. The van der Waals surface area contributed by atoms with Crippen LogP contribution < -0.4 is 26.2 Å². The number of rotatable bonds is 6. The van der Waals surface area contributed by atoms with Crippen molar-refractivity contribution in [2.75, 3.05) is 10.2 Å². The first kappa shape index (κ1) is 25.4. The molecule has 38 heavy (non-hydrogen) atoms. The fourth-order valence-corrected chi connectivity index (χ4v) is 4.31. The molecular formula is C26H21ClF3N5O3. The Morgan fingerprint density at radius 2 is 1.79 bits per heavy atom. The number of pyridine rings is 1. The summed E-state index contributed by atoms with van der Waals surface area (Å²) < 4.78 is 48.2. The van der Waals surface area contributed by atoms with Gasteiger partial charge in [-0.05, 0) is 48.0 Å². The van der Waals surface area contributed by atoms with Gasteiger partial charge >= 0.3 is 11.9 Å². The number of hydrogen-bond donors (Lipinski definition) is 1. The van der Waals surface area contributed by atoms with E-state index in [1.54, 1.807) is 53.6 Å². The van der Waals surface area contributed by atoms with E-state index in [0.717, 1.165) is 22.3 Å². The van der Waals surface area contributed by atoms with Gasteiger partial charge in [0.1, 0.15) is 17.3 Å². The SMILES string of the molecule is Cn1c(=O)c2c(n(Cc3ccccn3)c1=O)NC(Oc1cccc(C(F)(F)F)c1)N2Cc1ccc(Cl)cc1. The topological polar surface area (TPSA) is 81.4 Å². The zero-order valence-corrected chi connectivity index (χ0v) is 20.7. The van der Waals surface area contributed by atoms with Crippen LogP contribution in [0.5, 0.6) is 5.75 Å². The third kappa shape index (κ3) is 4.97. The minimum absolute atomic E-state index is 0.0498. The maximum atomic E-state index is 13.4. The van der Waals surface area contributed by atoms with E-state index in [4.69, 9.17) is 16.3 Å². The molecule has 8 nitrogen and oxygen atoms in total. The van der Waals surface area contributed by atoms with Crippen LogP contribution in [0.2, 0.25) is 5.02 Å². The molecule has 1 aliphatic rings. The first-order chi connectivity index (χ1) is 18.1.